The molecule has 1 rings (SSSR count). The van der Waals surface area contributed by atoms with Crippen LogP contribution in [0.2, 0.25) is 0 Å². The summed E-state index contributed by atoms with van der Waals surface area (Å²) in [7, 11) is 0. The molecule has 0 aliphatic rings. The van der Waals surface area contributed by atoms with Gasteiger partial charge in [-0.3, -0.25) is 0 Å². The van der Waals surface area contributed by atoms with E-state index in [0.717, 1.165) is 12.1 Å². The number of hydrogen-bond donors (Lipinski definition) is 1. The van der Waals surface area contributed by atoms with Crippen molar-refractivity contribution in [2.24, 2.45) is 11.8 Å². The number of phenolic OH excluding ortho intramolecular Hbond substituents is 1. The second-order valence-electron chi connectivity index (χ2n) is 8.50. The molecule has 0 aliphatic heterocycles. The van der Waals surface area contributed by atoms with Gasteiger partial charge >= 0.3 is 0 Å². The number of aryl methyl sites for hydroxylation is 1. The van der Waals surface area contributed by atoms with Crippen molar-refractivity contribution >= 4 is 0 Å². The van der Waals surface area contributed by atoms with Crippen LogP contribution in [0.15, 0.2) is 84.5 Å². The average molecular weight is 497 g/mol. The van der Waals surface area contributed by atoms with Gasteiger partial charge in [0.15, 0.2) is 23.2 Å². The number of halogens is 5. The van der Waals surface area contributed by atoms with Crippen LogP contribution in [0, 0.1) is 23.5 Å². The Morgan fingerprint density at radius 3 is 2.20 bits per heavy atom. The maximum Gasteiger partial charge on any atom is 0.200 e. The fourth-order valence-corrected chi connectivity index (χ4v) is 3.23. The molecule has 0 aromatic heterocycles. The Labute approximate surface area is 204 Å². The second kappa shape index (κ2) is 13.7. The molecule has 2 atom stereocenters. The normalized spacial score (nSPS) is 14.1. The molecule has 1 aromatic carbocycles. The highest BCUT2D eigenvalue weighted by molar-refractivity contribution is 5.50. The van der Waals surface area contributed by atoms with Crippen molar-refractivity contribution in [1.29, 1.82) is 0 Å². The lowest BCUT2D eigenvalue weighted by Gasteiger charge is -2.17. The van der Waals surface area contributed by atoms with Crippen molar-refractivity contribution in [2.75, 3.05) is 6.61 Å². The molecule has 1 N–H and O–H groups in total. The number of hydrogen-bond acceptors (Lipinski definition) is 2. The van der Waals surface area contributed by atoms with Crippen LogP contribution in [0.5, 0.6) is 5.75 Å². The van der Waals surface area contributed by atoms with Gasteiger partial charge in [-0.05, 0) is 66.9 Å². The van der Waals surface area contributed by atoms with E-state index in [0.29, 0.717) is 25.7 Å². The molecule has 7 heteroatoms. The number of phenols is 1. The first-order chi connectivity index (χ1) is 16.3. The molecule has 0 radical (unpaired) electrons. The molecule has 1 aromatic rings. The van der Waals surface area contributed by atoms with E-state index >= 15 is 0 Å². The quantitative estimate of drug-likeness (QED) is 0.158. The van der Waals surface area contributed by atoms with Crippen molar-refractivity contribution in [3.8, 4) is 5.75 Å². The van der Waals surface area contributed by atoms with E-state index in [1.165, 1.54) is 6.07 Å². The highest BCUT2D eigenvalue weighted by atomic mass is 19.2. The zero-order valence-corrected chi connectivity index (χ0v) is 20.5. The van der Waals surface area contributed by atoms with Crippen molar-refractivity contribution < 1.29 is 31.8 Å². The second-order valence-corrected chi connectivity index (χ2v) is 8.50. The highest BCUT2D eigenvalue weighted by Crippen LogP contribution is 2.31. The zero-order chi connectivity index (χ0) is 26.9. The lowest BCUT2D eigenvalue weighted by Crippen LogP contribution is -2.05. The van der Waals surface area contributed by atoms with Crippen LogP contribution in [0.3, 0.4) is 0 Å². The summed E-state index contributed by atoms with van der Waals surface area (Å²) < 4.78 is 75.2. The molecule has 0 spiro atoms. The minimum atomic E-state index is -1.34. The van der Waals surface area contributed by atoms with Gasteiger partial charge in [0.1, 0.15) is 5.83 Å². The van der Waals surface area contributed by atoms with Crippen LogP contribution in [0.25, 0.3) is 0 Å². The van der Waals surface area contributed by atoms with Gasteiger partial charge in [0.2, 0.25) is 11.6 Å². The maximum atomic E-state index is 14.7. The molecule has 2 nitrogen and oxygen atoms in total. The minimum Gasteiger partial charge on any atom is -0.505 e. The summed E-state index contributed by atoms with van der Waals surface area (Å²) in [4.78, 5) is 0. The van der Waals surface area contributed by atoms with Gasteiger partial charge in [-0.15, -0.1) is 0 Å². The topological polar surface area (TPSA) is 29.5 Å². The fourth-order valence-electron chi connectivity index (χ4n) is 3.23. The number of rotatable bonds is 14. The van der Waals surface area contributed by atoms with Crippen LogP contribution < -0.4 is 0 Å². The molecule has 0 heterocycles. The molecule has 2 unspecified atom stereocenters. The first-order valence-corrected chi connectivity index (χ1v) is 11.3. The summed E-state index contributed by atoms with van der Waals surface area (Å²) in [6.07, 6.45) is 3.05. The molecular weight excluding hydrogens is 463 g/mol. The summed E-state index contributed by atoms with van der Waals surface area (Å²) in [6.45, 7) is 19.4. The van der Waals surface area contributed by atoms with Gasteiger partial charge < -0.3 is 9.84 Å². The van der Waals surface area contributed by atoms with E-state index in [9.17, 15) is 27.1 Å². The first kappa shape index (κ1) is 29.9. The molecule has 0 fully saturated rings. The SMILES string of the molecule is C=C(/C=C(/F)C(=C)C(C)CCC(C)CCc1ccc(O)c(F)c1F)C(=C)/C(F)=C(/F)C(=C)OCC. The fraction of sp³-hybridized carbons (Fsp3) is 0.357. The number of benzene rings is 1. The van der Waals surface area contributed by atoms with Gasteiger partial charge in [0.25, 0.3) is 0 Å². The first-order valence-electron chi connectivity index (χ1n) is 11.3. The standard InChI is InChI=1S/C28H33F5O2/c1-8-35-21(7)26(31)25(30)20(6)18(4)15-23(29)19(5)17(3)11-9-16(2)10-12-22-13-14-24(34)28(33)27(22)32/h13-17,34H,4-12H2,1-3H3/b23-15+,26-25-. The highest BCUT2D eigenvalue weighted by Gasteiger charge is 2.19. The smallest absolute Gasteiger partial charge is 0.200 e. The lowest BCUT2D eigenvalue weighted by atomic mass is 9.89. The number of ether oxygens (including phenoxy) is 1. The molecule has 192 valence electrons. The monoisotopic (exact) mass is 496 g/mol. The van der Waals surface area contributed by atoms with Crippen LogP contribution in [0.1, 0.15) is 45.6 Å². The third-order valence-electron chi connectivity index (χ3n) is 5.75. The van der Waals surface area contributed by atoms with Crippen molar-refractivity contribution in [1.82, 2.24) is 0 Å². The Hall–Kier alpha value is -3.09. The average Bonchev–Trinajstić information content (AvgIpc) is 2.83. The zero-order valence-electron chi connectivity index (χ0n) is 20.5. The van der Waals surface area contributed by atoms with E-state index in [-0.39, 0.29) is 35.2 Å². The van der Waals surface area contributed by atoms with Crippen LogP contribution >= 0.6 is 0 Å². The summed E-state index contributed by atoms with van der Waals surface area (Å²) in [6, 6.07) is 2.47. The Bertz CT molecular complexity index is 1040. The third-order valence-corrected chi connectivity index (χ3v) is 5.75. The van der Waals surface area contributed by atoms with Crippen LogP contribution in [0.4, 0.5) is 22.0 Å². The van der Waals surface area contributed by atoms with Gasteiger partial charge in [-0.25, -0.2) is 13.2 Å². The summed E-state index contributed by atoms with van der Waals surface area (Å²) in [5.74, 6) is -7.07. The van der Waals surface area contributed by atoms with Crippen molar-refractivity contribution in [2.45, 2.75) is 46.5 Å². The van der Waals surface area contributed by atoms with Crippen LogP contribution in [-0.4, -0.2) is 11.7 Å². The molecule has 35 heavy (non-hydrogen) atoms. The van der Waals surface area contributed by atoms with Crippen LogP contribution in [-0.2, 0) is 11.2 Å². The lowest BCUT2D eigenvalue weighted by molar-refractivity contribution is 0.224. The molecule has 0 saturated heterocycles. The maximum absolute atomic E-state index is 14.7. The number of aromatic hydroxyl groups is 1. The van der Waals surface area contributed by atoms with Gasteiger partial charge in [-0.2, -0.15) is 8.78 Å². The van der Waals surface area contributed by atoms with E-state index in [1.54, 1.807) is 13.8 Å². The molecule has 0 saturated carbocycles. The largest absolute Gasteiger partial charge is 0.505 e. The Balaban J connectivity index is 2.67. The summed E-state index contributed by atoms with van der Waals surface area (Å²) in [5, 5.41) is 9.21. The molecule has 0 amide bonds. The summed E-state index contributed by atoms with van der Waals surface area (Å²) in [5.41, 5.74) is -0.254. The Morgan fingerprint density at radius 1 is 0.971 bits per heavy atom. The van der Waals surface area contributed by atoms with E-state index < -0.39 is 46.2 Å². The van der Waals surface area contributed by atoms with E-state index in [2.05, 4.69) is 26.3 Å². The van der Waals surface area contributed by atoms with Crippen molar-refractivity contribution in [3.63, 3.8) is 0 Å². The summed E-state index contributed by atoms with van der Waals surface area (Å²) >= 11 is 0. The predicted octanol–water partition coefficient (Wildman–Crippen LogP) is 8.88. The van der Waals surface area contributed by atoms with Crippen molar-refractivity contribution in [3.05, 3.63) is 102 Å². The van der Waals surface area contributed by atoms with E-state index in [1.807, 2.05) is 6.92 Å². The number of allylic oxidation sites excluding steroid dienone is 7. The molecule has 0 aliphatic carbocycles. The van der Waals surface area contributed by atoms with Gasteiger partial charge in [-0.1, -0.05) is 52.7 Å². The Morgan fingerprint density at radius 2 is 1.60 bits per heavy atom. The van der Waals surface area contributed by atoms with E-state index in [4.69, 9.17) is 4.74 Å². The molecule has 0 bridgehead atoms. The minimum absolute atomic E-state index is 0.101. The Kier molecular flexibility index (Phi) is 11.7. The predicted molar refractivity (Wildman–Crippen MR) is 131 cm³/mol. The third kappa shape index (κ3) is 8.57. The van der Waals surface area contributed by atoms with Gasteiger partial charge in [0.05, 0.1) is 6.61 Å². The van der Waals surface area contributed by atoms with Gasteiger partial charge in [0, 0.05) is 5.57 Å². The molecular formula is C28H33F5O2.